The van der Waals surface area contributed by atoms with Crippen molar-refractivity contribution in [2.75, 3.05) is 12.3 Å². The van der Waals surface area contributed by atoms with Crippen LogP contribution in [0.15, 0.2) is 6.20 Å². The monoisotopic (exact) mass is 277 g/mol. The first kappa shape index (κ1) is 17.0. The number of aromatic nitrogens is 1. The van der Waals surface area contributed by atoms with Gasteiger partial charge in [-0.15, -0.1) is 0 Å². The van der Waals surface area contributed by atoms with Crippen LogP contribution >= 0.6 is 0 Å². The first-order chi connectivity index (χ1) is 9.40. The number of hydrogen-bond acceptors (Lipinski definition) is 3. The fraction of sp³-hybridized carbons (Fsp3) is 0.706. The summed E-state index contributed by atoms with van der Waals surface area (Å²) in [4.78, 5) is 7.18. The Morgan fingerprint density at radius 3 is 2.30 bits per heavy atom. The van der Waals surface area contributed by atoms with Crippen molar-refractivity contribution in [3.63, 3.8) is 0 Å². The summed E-state index contributed by atoms with van der Waals surface area (Å²) in [5, 5.41) is 0. The molecule has 0 saturated carbocycles. The zero-order valence-electron chi connectivity index (χ0n) is 14.0. The van der Waals surface area contributed by atoms with E-state index in [1.165, 1.54) is 12.8 Å². The van der Waals surface area contributed by atoms with Crippen molar-refractivity contribution in [3.8, 4) is 0 Å². The Balaban J connectivity index is 2.97. The standard InChI is InChI=1S/C17H31N3/c1-7-15(8-2)20(10-12(3)4)11-16-14(6)17(18)13(5)9-19-16/h9,12,15H,7-8,10-11H2,1-6H3,(H2,18,19). The van der Waals surface area contributed by atoms with Crippen LogP contribution in [0.1, 0.15) is 57.4 Å². The third kappa shape index (κ3) is 4.20. The summed E-state index contributed by atoms with van der Waals surface area (Å²) in [6, 6.07) is 0.626. The van der Waals surface area contributed by atoms with Crippen LogP contribution in [0.3, 0.4) is 0 Å². The van der Waals surface area contributed by atoms with E-state index in [1.807, 2.05) is 13.1 Å². The van der Waals surface area contributed by atoms with Gasteiger partial charge in [-0.05, 0) is 43.7 Å². The average Bonchev–Trinajstić information content (AvgIpc) is 2.40. The predicted octanol–water partition coefficient (Wildman–Crippen LogP) is 3.93. The van der Waals surface area contributed by atoms with Gasteiger partial charge in [0.15, 0.2) is 0 Å². The Bertz CT molecular complexity index is 422. The molecule has 1 aromatic rings. The van der Waals surface area contributed by atoms with Crippen molar-refractivity contribution in [2.24, 2.45) is 5.92 Å². The fourth-order valence-corrected chi connectivity index (χ4v) is 2.76. The average molecular weight is 277 g/mol. The van der Waals surface area contributed by atoms with Crippen molar-refractivity contribution in [1.82, 2.24) is 9.88 Å². The minimum atomic E-state index is 0.626. The second kappa shape index (κ2) is 7.63. The molecule has 0 amide bonds. The van der Waals surface area contributed by atoms with Gasteiger partial charge in [-0.3, -0.25) is 9.88 Å². The van der Waals surface area contributed by atoms with Crippen molar-refractivity contribution in [3.05, 3.63) is 23.0 Å². The molecule has 0 aliphatic heterocycles. The summed E-state index contributed by atoms with van der Waals surface area (Å²) in [6.45, 7) is 15.2. The van der Waals surface area contributed by atoms with Crippen LogP contribution in [-0.4, -0.2) is 22.5 Å². The van der Waals surface area contributed by atoms with Gasteiger partial charge in [0.25, 0.3) is 0 Å². The van der Waals surface area contributed by atoms with E-state index in [9.17, 15) is 0 Å². The van der Waals surface area contributed by atoms with Crippen molar-refractivity contribution in [2.45, 2.75) is 67.0 Å². The summed E-state index contributed by atoms with van der Waals surface area (Å²) in [5.74, 6) is 0.665. The highest BCUT2D eigenvalue weighted by Gasteiger charge is 2.18. The maximum atomic E-state index is 6.14. The van der Waals surface area contributed by atoms with Gasteiger partial charge in [-0.2, -0.15) is 0 Å². The van der Waals surface area contributed by atoms with Crippen LogP contribution in [0.4, 0.5) is 5.69 Å². The highest BCUT2D eigenvalue weighted by molar-refractivity contribution is 5.53. The highest BCUT2D eigenvalue weighted by atomic mass is 15.2. The second-order valence-corrected chi connectivity index (χ2v) is 6.22. The van der Waals surface area contributed by atoms with Gasteiger partial charge in [-0.25, -0.2) is 0 Å². The largest absolute Gasteiger partial charge is 0.398 e. The molecule has 0 unspecified atom stereocenters. The molecule has 0 spiro atoms. The summed E-state index contributed by atoms with van der Waals surface area (Å²) in [6.07, 6.45) is 4.27. The number of pyridine rings is 1. The van der Waals surface area contributed by atoms with Gasteiger partial charge >= 0.3 is 0 Å². The Morgan fingerprint density at radius 2 is 1.80 bits per heavy atom. The molecular formula is C17H31N3. The lowest BCUT2D eigenvalue weighted by Crippen LogP contribution is -2.37. The lowest BCUT2D eigenvalue weighted by Gasteiger charge is -2.32. The van der Waals surface area contributed by atoms with E-state index in [0.717, 1.165) is 35.6 Å². The minimum Gasteiger partial charge on any atom is -0.398 e. The third-order valence-corrected chi connectivity index (χ3v) is 4.09. The predicted molar refractivity (Wildman–Crippen MR) is 87.7 cm³/mol. The Hall–Kier alpha value is -1.09. The topological polar surface area (TPSA) is 42.2 Å². The lowest BCUT2D eigenvalue weighted by molar-refractivity contribution is 0.155. The van der Waals surface area contributed by atoms with E-state index in [0.29, 0.717) is 12.0 Å². The lowest BCUT2D eigenvalue weighted by atomic mass is 10.0. The van der Waals surface area contributed by atoms with Gasteiger partial charge in [0.05, 0.1) is 5.69 Å². The highest BCUT2D eigenvalue weighted by Crippen LogP contribution is 2.21. The van der Waals surface area contributed by atoms with E-state index in [2.05, 4.69) is 44.5 Å². The van der Waals surface area contributed by atoms with E-state index in [1.54, 1.807) is 0 Å². The van der Waals surface area contributed by atoms with E-state index >= 15 is 0 Å². The van der Waals surface area contributed by atoms with Crippen molar-refractivity contribution in [1.29, 1.82) is 0 Å². The maximum Gasteiger partial charge on any atom is 0.0593 e. The molecule has 0 saturated heterocycles. The van der Waals surface area contributed by atoms with Crippen LogP contribution in [0, 0.1) is 19.8 Å². The van der Waals surface area contributed by atoms with Gasteiger partial charge < -0.3 is 5.73 Å². The first-order valence-corrected chi connectivity index (χ1v) is 7.85. The minimum absolute atomic E-state index is 0.626. The van der Waals surface area contributed by atoms with Gasteiger partial charge in [0.2, 0.25) is 0 Å². The number of rotatable bonds is 7. The molecule has 20 heavy (non-hydrogen) atoms. The molecular weight excluding hydrogens is 246 g/mol. The number of nitrogen functional groups attached to an aromatic ring is 1. The van der Waals surface area contributed by atoms with E-state index < -0.39 is 0 Å². The van der Waals surface area contributed by atoms with E-state index in [-0.39, 0.29) is 0 Å². The van der Waals surface area contributed by atoms with Crippen LogP contribution in [0.2, 0.25) is 0 Å². The summed E-state index contributed by atoms with van der Waals surface area (Å²) >= 11 is 0. The Morgan fingerprint density at radius 1 is 1.20 bits per heavy atom. The van der Waals surface area contributed by atoms with Crippen LogP contribution in [0.5, 0.6) is 0 Å². The Kier molecular flexibility index (Phi) is 6.47. The summed E-state index contributed by atoms with van der Waals surface area (Å²) in [7, 11) is 0. The number of hydrogen-bond donors (Lipinski definition) is 1. The van der Waals surface area contributed by atoms with Crippen molar-refractivity contribution >= 4 is 5.69 Å². The van der Waals surface area contributed by atoms with Crippen molar-refractivity contribution < 1.29 is 0 Å². The molecule has 0 aliphatic carbocycles. The normalized spacial score (nSPS) is 11.8. The fourth-order valence-electron chi connectivity index (χ4n) is 2.76. The molecule has 114 valence electrons. The molecule has 0 aliphatic rings. The van der Waals surface area contributed by atoms with Gasteiger partial charge in [0, 0.05) is 31.0 Å². The second-order valence-electron chi connectivity index (χ2n) is 6.22. The van der Waals surface area contributed by atoms with Crippen LogP contribution < -0.4 is 5.73 Å². The molecule has 1 heterocycles. The first-order valence-electron chi connectivity index (χ1n) is 7.85. The number of nitrogens with zero attached hydrogens (tertiary/aromatic N) is 2. The summed E-state index contributed by atoms with van der Waals surface area (Å²) < 4.78 is 0. The zero-order chi connectivity index (χ0) is 15.3. The number of aryl methyl sites for hydroxylation is 1. The zero-order valence-corrected chi connectivity index (χ0v) is 14.0. The molecule has 1 rings (SSSR count). The van der Waals surface area contributed by atoms with Crippen LogP contribution in [-0.2, 0) is 6.54 Å². The molecule has 0 aromatic carbocycles. The van der Waals surface area contributed by atoms with Gasteiger partial charge in [-0.1, -0.05) is 27.7 Å². The SMILES string of the molecule is CCC(CC)N(Cc1ncc(C)c(N)c1C)CC(C)C. The maximum absolute atomic E-state index is 6.14. The molecule has 3 nitrogen and oxygen atoms in total. The quantitative estimate of drug-likeness (QED) is 0.821. The molecule has 0 radical (unpaired) electrons. The molecule has 0 fully saturated rings. The number of nitrogens with two attached hydrogens (primary N) is 1. The van der Waals surface area contributed by atoms with Crippen LogP contribution in [0.25, 0.3) is 0 Å². The van der Waals surface area contributed by atoms with E-state index in [4.69, 9.17) is 5.73 Å². The molecule has 2 N–H and O–H groups in total. The summed E-state index contributed by atoms with van der Waals surface area (Å²) in [5.41, 5.74) is 10.4. The molecule has 0 bridgehead atoms. The van der Waals surface area contributed by atoms with Gasteiger partial charge in [0.1, 0.15) is 0 Å². The third-order valence-electron chi connectivity index (χ3n) is 4.09. The molecule has 3 heteroatoms. The smallest absolute Gasteiger partial charge is 0.0593 e. The Labute approximate surface area is 124 Å². The molecule has 1 aromatic heterocycles. The molecule has 0 atom stereocenters. The number of anilines is 1.